The Kier molecular flexibility index (Phi) is 5.88. The number of hydrogen-bond donors (Lipinski definition) is 2. The van der Waals surface area contributed by atoms with Gasteiger partial charge in [0.15, 0.2) is 0 Å². The summed E-state index contributed by atoms with van der Waals surface area (Å²) in [6, 6.07) is 11.3. The number of nitrogens with two attached hydrogens (primary N) is 2. The van der Waals surface area contributed by atoms with Crippen LogP contribution < -0.4 is 16.2 Å². The van der Waals surface area contributed by atoms with Gasteiger partial charge in [0.25, 0.3) is 0 Å². The summed E-state index contributed by atoms with van der Waals surface area (Å²) < 4.78 is 5.55. The van der Waals surface area contributed by atoms with Crippen LogP contribution in [0.15, 0.2) is 48.8 Å². The maximum absolute atomic E-state index is 9.22. The maximum atomic E-state index is 9.22. The smallest absolute Gasteiger partial charge is 0.214 e. The van der Waals surface area contributed by atoms with E-state index in [0.29, 0.717) is 6.61 Å². The molecule has 5 nitrogen and oxygen atoms in total. The Morgan fingerprint density at radius 2 is 1.68 bits per heavy atom. The molecular weight excluding hydrogens is 242 g/mol. The number of pyridine rings is 1. The zero-order valence-electron chi connectivity index (χ0n) is 10.7. The molecule has 0 fully saturated rings. The number of benzene rings is 1. The van der Waals surface area contributed by atoms with Gasteiger partial charge < -0.3 is 16.2 Å². The Morgan fingerprint density at radius 1 is 1.16 bits per heavy atom. The topological polar surface area (TPSA) is 91.2 Å². The fourth-order valence-electron chi connectivity index (χ4n) is 1.21. The second-order valence-electron chi connectivity index (χ2n) is 3.82. The Balaban J connectivity index is 0.000000399. The zero-order valence-corrected chi connectivity index (χ0v) is 10.7. The number of carbonyl (C=O) groups is 1. The first-order valence-electron chi connectivity index (χ1n) is 5.71. The van der Waals surface area contributed by atoms with Crippen LogP contribution in [0, 0.1) is 0 Å². The van der Waals surface area contributed by atoms with Crippen LogP contribution in [0.4, 0.5) is 5.69 Å². The third kappa shape index (κ3) is 6.68. The lowest BCUT2D eigenvalue weighted by atomic mass is 10.2. The highest BCUT2D eigenvalue weighted by atomic mass is 16.5. The van der Waals surface area contributed by atoms with Crippen molar-refractivity contribution >= 4 is 11.6 Å². The average molecular weight is 259 g/mol. The number of ether oxygens (including phenoxy) is 1. The molecular formula is C14H17N3O2. The van der Waals surface area contributed by atoms with Gasteiger partial charge in [0.2, 0.25) is 5.91 Å². The molecule has 0 spiro atoms. The third-order valence-corrected chi connectivity index (χ3v) is 2.03. The summed E-state index contributed by atoms with van der Waals surface area (Å²) in [6.07, 6.45) is 3.41. The van der Waals surface area contributed by atoms with Crippen molar-refractivity contribution < 1.29 is 9.53 Å². The van der Waals surface area contributed by atoms with E-state index in [9.17, 15) is 4.79 Å². The SMILES string of the molecule is CC(N)=O.Nc1ccc(COc2ccncc2)cc1. The fourth-order valence-corrected chi connectivity index (χ4v) is 1.21. The van der Waals surface area contributed by atoms with E-state index >= 15 is 0 Å². The molecule has 0 radical (unpaired) electrons. The maximum Gasteiger partial charge on any atom is 0.214 e. The van der Waals surface area contributed by atoms with Gasteiger partial charge in [-0.1, -0.05) is 12.1 Å². The lowest BCUT2D eigenvalue weighted by molar-refractivity contribution is -0.115. The standard InChI is InChI=1S/C12H12N2O.C2H5NO/c13-11-3-1-10(2-4-11)9-15-12-5-7-14-8-6-12;1-2(3)4/h1-8H,9,13H2;1H3,(H2,3,4). The van der Waals surface area contributed by atoms with Gasteiger partial charge in [0.1, 0.15) is 12.4 Å². The molecule has 0 bridgehead atoms. The first kappa shape index (κ1) is 14.5. The Labute approximate surface area is 112 Å². The first-order valence-corrected chi connectivity index (χ1v) is 5.71. The van der Waals surface area contributed by atoms with E-state index in [2.05, 4.69) is 10.7 Å². The summed E-state index contributed by atoms with van der Waals surface area (Å²) in [5.41, 5.74) is 11.9. The van der Waals surface area contributed by atoms with E-state index in [4.69, 9.17) is 10.5 Å². The number of nitrogen functional groups attached to an aromatic ring is 1. The minimum atomic E-state index is -0.333. The summed E-state index contributed by atoms with van der Waals surface area (Å²) >= 11 is 0. The number of hydrogen-bond acceptors (Lipinski definition) is 4. The Hall–Kier alpha value is -2.56. The van der Waals surface area contributed by atoms with Crippen LogP contribution in [-0.2, 0) is 11.4 Å². The third-order valence-electron chi connectivity index (χ3n) is 2.03. The highest BCUT2D eigenvalue weighted by Crippen LogP contribution is 2.11. The fraction of sp³-hybridized carbons (Fsp3) is 0.143. The predicted molar refractivity (Wildman–Crippen MR) is 74.3 cm³/mol. The monoisotopic (exact) mass is 259 g/mol. The largest absolute Gasteiger partial charge is 0.489 e. The summed E-state index contributed by atoms with van der Waals surface area (Å²) in [4.78, 5) is 13.1. The number of carbonyl (C=O) groups excluding carboxylic acids is 1. The Morgan fingerprint density at radius 3 is 2.21 bits per heavy atom. The molecule has 0 unspecified atom stereocenters. The van der Waals surface area contributed by atoms with Crippen LogP contribution in [0.3, 0.4) is 0 Å². The van der Waals surface area contributed by atoms with Gasteiger partial charge in [-0.2, -0.15) is 0 Å². The van der Waals surface area contributed by atoms with Gasteiger partial charge >= 0.3 is 0 Å². The highest BCUT2D eigenvalue weighted by Gasteiger charge is 1.94. The van der Waals surface area contributed by atoms with Crippen LogP contribution in [0.1, 0.15) is 12.5 Å². The highest BCUT2D eigenvalue weighted by molar-refractivity contribution is 5.70. The molecule has 2 rings (SSSR count). The second kappa shape index (κ2) is 7.71. The number of anilines is 1. The normalized spacial score (nSPS) is 9.11. The van der Waals surface area contributed by atoms with Gasteiger partial charge in [-0.05, 0) is 29.8 Å². The van der Waals surface area contributed by atoms with Crippen molar-refractivity contribution in [1.29, 1.82) is 0 Å². The predicted octanol–water partition coefficient (Wildman–Crippen LogP) is 1.73. The van der Waals surface area contributed by atoms with Crippen molar-refractivity contribution in [2.75, 3.05) is 5.73 Å². The number of amides is 1. The van der Waals surface area contributed by atoms with E-state index in [0.717, 1.165) is 17.0 Å². The van der Waals surface area contributed by atoms with Crippen LogP contribution in [0.5, 0.6) is 5.75 Å². The molecule has 1 aromatic heterocycles. The lowest BCUT2D eigenvalue weighted by Crippen LogP contribution is -2.01. The molecule has 0 saturated heterocycles. The van der Waals surface area contributed by atoms with Gasteiger partial charge in [-0.25, -0.2) is 0 Å². The Bertz CT molecular complexity index is 494. The van der Waals surface area contributed by atoms with Gasteiger partial charge in [-0.15, -0.1) is 0 Å². The molecule has 100 valence electrons. The summed E-state index contributed by atoms with van der Waals surface area (Å²) in [6.45, 7) is 1.85. The molecule has 5 heteroatoms. The minimum Gasteiger partial charge on any atom is -0.489 e. The molecule has 0 aliphatic heterocycles. The quantitative estimate of drug-likeness (QED) is 0.821. The second-order valence-corrected chi connectivity index (χ2v) is 3.82. The molecule has 19 heavy (non-hydrogen) atoms. The average Bonchev–Trinajstić information content (AvgIpc) is 2.39. The van der Waals surface area contributed by atoms with Crippen molar-refractivity contribution in [2.45, 2.75) is 13.5 Å². The molecule has 2 aromatic rings. The lowest BCUT2D eigenvalue weighted by Gasteiger charge is -2.05. The number of primary amides is 1. The summed E-state index contributed by atoms with van der Waals surface area (Å²) in [5.74, 6) is 0.488. The van der Waals surface area contributed by atoms with Crippen molar-refractivity contribution in [2.24, 2.45) is 5.73 Å². The van der Waals surface area contributed by atoms with Gasteiger partial charge in [-0.3, -0.25) is 9.78 Å². The minimum absolute atomic E-state index is 0.333. The molecule has 4 N–H and O–H groups in total. The molecule has 0 aliphatic rings. The molecule has 1 aromatic carbocycles. The van der Waals surface area contributed by atoms with Crippen molar-refractivity contribution in [3.05, 3.63) is 54.4 Å². The number of rotatable bonds is 3. The van der Waals surface area contributed by atoms with E-state index in [1.165, 1.54) is 6.92 Å². The van der Waals surface area contributed by atoms with Crippen molar-refractivity contribution in [1.82, 2.24) is 4.98 Å². The first-order chi connectivity index (χ1) is 9.08. The molecule has 1 heterocycles. The van der Waals surface area contributed by atoms with Crippen molar-refractivity contribution in [3.8, 4) is 5.75 Å². The van der Waals surface area contributed by atoms with Gasteiger partial charge in [0.05, 0.1) is 0 Å². The van der Waals surface area contributed by atoms with Crippen LogP contribution >= 0.6 is 0 Å². The van der Waals surface area contributed by atoms with Crippen LogP contribution in [-0.4, -0.2) is 10.9 Å². The summed E-state index contributed by atoms with van der Waals surface area (Å²) in [7, 11) is 0. The van der Waals surface area contributed by atoms with Crippen LogP contribution in [0.2, 0.25) is 0 Å². The number of aromatic nitrogens is 1. The van der Waals surface area contributed by atoms with Crippen LogP contribution in [0.25, 0.3) is 0 Å². The number of nitrogens with zero attached hydrogens (tertiary/aromatic N) is 1. The van der Waals surface area contributed by atoms with E-state index in [-0.39, 0.29) is 5.91 Å². The van der Waals surface area contributed by atoms with Gasteiger partial charge in [0, 0.05) is 25.0 Å². The van der Waals surface area contributed by atoms with E-state index in [1.54, 1.807) is 12.4 Å². The molecule has 0 atom stereocenters. The summed E-state index contributed by atoms with van der Waals surface area (Å²) in [5, 5.41) is 0. The molecule has 0 aliphatic carbocycles. The molecule has 1 amide bonds. The van der Waals surface area contributed by atoms with E-state index in [1.807, 2.05) is 36.4 Å². The zero-order chi connectivity index (χ0) is 14.1. The molecule has 0 saturated carbocycles. The van der Waals surface area contributed by atoms with Crippen molar-refractivity contribution in [3.63, 3.8) is 0 Å². The van der Waals surface area contributed by atoms with E-state index < -0.39 is 0 Å².